The van der Waals surface area contributed by atoms with E-state index >= 15 is 0 Å². The standard InChI is InChI=1S/C24H21N3O4/c1-3-27-21-12-7-16(14-20(21)26-23(29)24(27)30)22(28)25-17-8-10-18(11-9-17)31-19-6-4-5-15(2)13-19/h4-14H,3H2,1-2H3,(H,25,28)(H,26,29). The van der Waals surface area contributed by atoms with E-state index in [4.69, 9.17) is 4.74 Å². The first-order valence-corrected chi connectivity index (χ1v) is 9.87. The Kier molecular flexibility index (Phi) is 5.41. The lowest BCUT2D eigenvalue weighted by Crippen LogP contribution is -2.36. The quantitative estimate of drug-likeness (QED) is 0.481. The van der Waals surface area contributed by atoms with Crippen LogP contribution in [0, 0.1) is 6.92 Å². The van der Waals surface area contributed by atoms with Crippen molar-refractivity contribution < 1.29 is 9.53 Å². The molecule has 0 saturated heterocycles. The summed E-state index contributed by atoms with van der Waals surface area (Å²) < 4.78 is 7.20. The molecule has 0 unspecified atom stereocenters. The van der Waals surface area contributed by atoms with Gasteiger partial charge in [-0.3, -0.25) is 14.4 Å². The van der Waals surface area contributed by atoms with Gasteiger partial charge in [0.2, 0.25) is 0 Å². The summed E-state index contributed by atoms with van der Waals surface area (Å²) in [7, 11) is 0. The van der Waals surface area contributed by atoms with Gasteiger partial charge in [0.05, 0.1) is 11.0 Å². The fraction of sp³-hybridized carbons (Fsp3) is 0.125. The molecule has 1 heterocycles. The second kappa shape index (κ2) is 8.31. The lowest BCUT2D eigenvalue weighted by atomic mass is 10.1. The number of nitrogens with zero attached hydrogens (tertiary/aromatic N) is 1. The highest BCUT2D eigenvalue weighted by Crippen LogP contribution is 2.24. The number of H-pyrrole nitrogens is 1. The maximum atomic E-state index is 12.7. The average molecular weight is 415 g/mol. The molecular weight excluding hydrogens is 394 g/mol. The number of amides is 1. The van der Waals surface area contributed by atoms with Crippen molar-refractivity contribution in [3.8, 4) is 11.5 Å². The second-order valence-electron chi connectivity index (χ2n) is 7.13. The number of fused-ring (bicyclic) bond motifs is 1. The van der Waals surface area contributed by atoms with E-state index in [0.29, 0.717) is 34.6 Å². The van der Waals surface area contributed by atoms with Gasteiger partial charge in [0.25, 0.3) is 5.91 Å². The van der Waals surface area contributed by atoms with Gasteiger partial charge >= 0.3 is 11.1 Å². The first-order valence-electron chi connectivity index (χ1n) is 9.87. The summed E-state index contributed by atoms with van der Waals surface area (Å²) in [5.41, 5.74) is 1.76. The molecule has 0 saturated carbocycles. The minimum absolute atomic E-state index is 0.329. The number of ether oxygens (including phenoxy) is 1. The third kappa shape index (κ3) is 4.25. The Labute approximate surface area is 177 Å². The number of aromatic amines is 1. The van der Waals surface area contributed by atoms with E-state index in [0.717, 1.165) is 11.3 Å². The summed E-state index contributed by atoms with van der Waals surface area (Å²) in [6.45, 7) is 4.14. The van der Waals surface area contributed by atoms with Crippen molar-refractivity contribution in [2.45, 2.75) is 20.4 Å². The molecule has 0 bridgehead atoms. The number of hydrogen-bond acceptors (Lipinski definition) is 4. The van der Waals surface area contributed by atoms with E-state index in [1.54, 1.807) is 49.4 Å². The Morgan fingerprint density at radius 3 is 2.48 bits per heavy atom. The Morgan fingerprint density at radius 2 is 1.77 bits per heavy atom. The summed E-state index contributed by atoms with van der Waals surface area (Å²) in [6, 6.07) is 19.6. The van der Waals surface area contributed by atoms with Crippen LogP contribution in [0.25, 0.3) is 11.0 Å². The minimum Gasteiger partial charge on any atom is -0.457 e. The van der Waals surface area contributed by atoms with Crippen LogP contribution in [-0.2, 0) is 6.54 Å². The maximum absolute atomic E-state index is 12.7. The molecule has 7 nitrogen and oxygen atoms in total. The first kappa shape index (κ1) is 20.2. The molecule has 0 aliphatic rings. The zero-order valence-corrected chi connectivity index (χ0v) is 17.1. The highest BCUT2D eigenvalue weighted by Gasteiger charge is 2.11. The Morgan fingerprint density at radius 1 is 1.00 bits per heavy atom. The van der Waals surface area contributed by atoms with Gasteiger partial charge in [0, 0.05) is 17.8 Å². The monoisotopic (exact) mass is 415 g/mol. The molecule has 1 aromatic heterocycles. The highest BCUT2D eigenvalue weighted by molar-refractivity contribution is 6.05. The van der Waals surface area contributed by atoms with Crippen molar-refractivity contribution in [2.24, 2.45) is 0 Å². The molecular formula is C24H21N3O4. The van der Waals surface area contributed by atoms with Crippen molar-refractivity contribution in [1.29, 1.82) is 0 Å². The molecule has 1 amide bonds. The van der Waals surface area contributed by atoms with Gasteiger partial charge in [0.1, 0.15) is 11.5 Å². The average Bonchev–Trinajstić information content (AvgIpc) is 2.76. The predicted octanol–water partition coefficient (Wildman–Crippen LogP) is 4.06. The highest BCUT2D eigenvalue weighted by atomic mass is 16.5. The summed E-state index contributed by atoms with van der Waals surface area (Å²) in [5, 5.41) is 2.82. The second-order valence-corrected chi connectivity index (χ2v) is 7.13. The maximum Gasteiger partial charge on any atom is 0.316 e. The molecule has 31 heavy (non-hydrogen) atoms. The number of hydrogen-bond donors (Lipinski definition) is 2. The molecule has 4 rings (SSSR count). The van der Waals surface area contributed by atoms with Gasteiger partial charge in [-0.1, -0.05) is 12.1 Å². The number of carbonyl (C=O) groups excluding carboxylic acids is 1. The third-order valence-corrected chi connectivity index (χ3v) is 4.89. The van der Waals surface area contributed by atoms with Crippen molar-refractivity contribution >= 4 is 22.6 Å². The van der Waals surface area contributed by atoms with Gasteiger partial charge in [-0.05, 0) is 74.0 Å². The Bertz CT molecular complexity index is 1380. The van der Waals surface area contributed by atoms with Crippen molar-refractivity contribution in [2.75, 3.05) is 5.32 Å². The number of benzene rings is 3. The Hall–Kier alpha value is -4.13. The topological polar surface area (TPSA) is 93.2 Å². The summed E-state index contributed by atoms with van der Waals surface area (Å²) >= 11 is 0. The Balaban J connectivity index is 1.52. The van der Waals surface area contributed by atoms with Crippen molar-refractivity contribution in [3.63, 3.8) is 0 Å². The van der Waals surface area contributed by atoms with Crippen LogP contribution >= 0.6 is 0 Å². The molecule has 0 radical (unpaired) electrons. The molecule has 156 valence electrons. The van der Waals surface area contributed by atoms with E-state index in [-0.39, 0.29) is 5.91 Å². The van der Waals surface area contributed by atoms with Crippen LogP contribution in [0.4, 0.5) is 5.69 Å². The van der Waals surface area contributed by atoms with E-state index in [1.807, 2.05) is 31.2 Å². The summed E-state index contributed by atoms with van der Waals surface area (Å²) in [4.78, 5) is 39.0. The van der Waals surface area contributed by atoms with Crippen molar-refractivity contribution in [3.05, 3.63) is 98.6 Å². The molecule has 0 atom stereocenters. The zero-order chi connectivity index (χ0) is 22.0. The van der Waals surface area contributed by atoms with E-state index in [9.17, 15) is 14.4 Å². The predicted molar refractivity (Wildman–Crippen MR) is 120 cm³/mol. The van der Waals surface area contributed by atoms with Gasteiger partial charge in [0.15, 0.2) is 0 Å². The van der Waals surface area contributed by atoms with Crippen LogP contribution in [0.2, 0.25) is 0 Å². The summed E-state index contributed by atoms with van der Waals surface area (Å²) in [6.07, 6.45) is 0. The zero-order valence-electron chi connectivity index (χ0n) is 17.1. The van der Waals surface area contributed by atoms with Crippen LogP contribution in [-0.4, -0.2) is 15.5 Å². The molecule has 0 aliphatic heterocycles. The number of aromatic nitrogens is 2. The molecule has 0 fully saturated rings. The van der Waals surface area contributed by atoms with Crippen LogP contribution in [0.15, 0.2) is 76.3 Å². The lowest BCUT2D eigenvalue weighted by Gasteiger charge is -2.10. The molecule has 4 aromatic rings. The van der Waals surface area contributed by atoms with Gasteiger partial charge in [-0.15, -0.1) is 0 Å². The first-order chi connectivity index (χ1) is 14.9. The third-order valence-electron chi connectivity index (χ3n) is 4.89. The van der Waals surface area contributed by atoms with E-state index in [1.165, 1.54) is 4.57 Å². The molecule has 2 N–H and O–H groups in total. The van der Waals surface area contributed by atoms with Crippen LogP contribution < -0.4 is 21.2 Å². The largest absolute Gasteiger partial charge is 0.457 e. The van der Waals surface area contributed by atoms with Crippen LogP contribution in [0.3, 0.4) is 0 Å². The van der Waals surface area contributed by atoms with Gasteiger partial charge in [-0.2, -0.15) is 0 Å². The van der Waals surface area contributed by atoms with Crippen LogP contribution in [0.1, 0.15) is 22.8 Å². The van der Waals surface area contributed by atoms with E-state index < -0.39 is 11.1 Å². The molecule has 3 aromatic carbocycles. The smallest absolute Gasteiger partial charge is 0.316 e. The molecule has 7 heteroatoms. The molecule has 0 spiro atoms. The van der Waals surface area contributed by atoms with Gasteiger partial charge in [-0.25, -0.2) is 0 Å². The number of anilines is 1. The normalized spacial score (nSPS) is 10.8. The lowest BCUT2D eigenvalue weighted by molar-refractivity contribution is 0.102. The van der Waals surface area contributed by atoms with Crippen LogP contribution in [0.5, 0.6) is 11.5 Å². The number of nitrogens with one attached hydrogen (secondary N) is 2. The van der Waals surface area contributed by atoms with E-state index in [2.05, 4.69) is 10.3 Å². The fourth-order valence-electron chi connectivity index (χ4n) is 3.36. The fourth-order valence-corrected chi connectivity index (χ4v) is 3.36. The van der Waals surface area contributed by atoms with Crippen molar-refractivity contribution in [1.82, 2.24) is 9.55 Å². The number of rotatable bonds is 5. The number of aryl methyl sites for hydroxylation is 2. The van der Waals surface area contributed by atoms with Gasteiger partial charge < -0.3 is 19.6 Å². The number of carbonyl (C=O) groups is 1. The minimum atomic E-state index is -0.712. The summed E-state index contributed by atoms with van der Waals surface area (Å²) in [5.74, 6) is 1.07. The molecule has 0 aliphatic carbocycles. The SMILES string of the molecule is CCn1c(=O)c(=O)[nH]c2cc(C(=O)Nc3ccc(Oc4cccc(C)c4)cc3)ccc21.